The first-order valence-electron chi connectivity index (χ1n) is 7.68. The molecule has 0 aliphatic heterocycles. The number of aryl methyl sites for hydroxylation is 1. The Bertz CT molecular complexity index is 675. The van der Waals surface area contributed by atoms with Crippen LogP contribution in [-0.4, -0.2) is 27.7 Å². The zero-order valence-corrected chi connectivity index (χ0v) is 13.9. The summed E-state index contributed by atoms with van der Waals surface area (Å²) in [5.41, 5.74) is 0.972. The molecule has 0 spiro atoms. The van der Waals surface area contributed by atoms with Gasteiger partial charge in [0, 0.05) is 6.42 Å². The average molecular weight is 318 g/mol. The van der Waals surface area contributed by atoms with Crippen molar-refractivity contribution in [1.29, 1.82) is 0 Å². The summed E-state index contributed by atoms with van der Waals surface area (Å²) in [4.78, 5) is 0. The van der Waals surface area contributed by atoms with Gasteiger partial charge < -0.3 is 4.74 Å². The fraction of sp³-hybridized carbons (Fsp3) is 0.438. The first kappa shape index (κ1) is 16.4. The molecule has 22 heavy (non-hydrogen) atoms. The first-order chi connectivity index (χ1) is 10.7. The Balaban J connectivity index is 2.11. The van der Waals surface area contributed by atoms with E-state index in [-0.39, 0.29) is 0 Å². The highest BCUT2D eigenvalue weighted by atomic mass is 32.1. The highest BCUT2D eigenvalue weighted by Crippen LogP contribution is 2.13. The van der Waals surface area contributed by atoms with E-state index in [1.165, 1.54) is 0 Å². The summed E-state index contributed by atoms with van der Waals surface area (Å²) < 4.78 is 7.88. The largest absolute Gasteiger partial charge is 0.494 e. The van der Waals surface area contributed by atoms with Crippen LogP contribution in [0.3, 0.4) is 0 Å². The Labute approximate surface area is 136 Å². The van der Waals surface area contributed by atoms with Crippen molar-refractivity contribution in [3.05, 3.63) is 40.4 Å². The van der Waals surface area contributed by atoms with Crippen LogP contribution in [0.2, 0.25) is 0 Å². The minimum atomic E-state index is 0.509. The number of hydrogen-bond donors (Lipinski definition) is 1. The van der Waals surface area contributed by atoms with Crippen molar-refractivity contribution < 1.29 is 4.74 Å². The van der Waals surface area contributed by atoms with Crippen LogP contribution in [0.25, 0.3) is 0 Å². The molecular weight excluding hydrogens is 296 g/mol. The van der Waals surface area contributed by atoms with Gasteiger partial charge in [-0.3, -0.25) is 5.10 Å². The maximum absolute atomic E-state index is 5.70. The van der Waals surface area contributed by atoms with E-state index >= 15 is 0 Å². The lowest BCUT2D eigenvalue weighted by Crippen LogP contribution is -1.99. The first-order valence-corrected chi connectivity index (χ1v) is 8.09. The third-order valence-corrected chi connectivity index (χ3v) is 3.40. The van der Waals surface area contributed by atoms with E-state index in [1.54, 1.807) is 10.9 Å². The zero-order chi connectivity index (χ0) is 15.8. The lowest BCUT2D eigenvalue weighted by Gasteiger charge is -2.05. The average Bonchev–Trinajstić information content (AvgIpc) is 2.87. The van der Waals surface area contributed by atoms with Crippen molar-refractivity contribution in [3.8, 4) is 5.75 Å². The standard InChI is InChI=1S/C16H22N4OS/c1-3-5-10-21-14-9-6-8-13(11-14)12-17-20-15(7-4-2)18-19-16(20)22/h6,8-9,11-12H,3-5,7,10H2,1-2H3,(H,19,22)/b17-12+. The summed E-state index contributed by atoms with van der Waals surface area (Å²) >= 11 is 5.21. The summed E-state index contributed by atoms with van der Waals surface area (Å²) in [7, 11) is 0. The van der Waals surface area contributed by atoms with Gasteiger partial charge in [0.15, 0.2) is 5.82 Å². The normalized spacial score (nSPS) is 11.2. The van der Waals surface area contributed by atoms with Crippen LogP contribution in [-0.2, 0) is 6.42 Å². The van der Waals surface area contributed by atoms with Gasteiger partial charge in [-0.2, -0.15) is 14.9 Å². The van der Waals surface area contributed by atoms with Crippen LogP contribution in [0.5, 0.6) is 5.75 Å². The molecule has 0 saturated carbocycles. The molecule has 1 heterocycles. The monoisotopic (exact) mass is 318 g/mol. The Morgan fingerprint density at radius 3 is 3.00 bits per heavy atom. The molecular formula is C16H22N4OS. The molecule has 0 fully saturated rings. The van der Waals surface area contributed by atoms with Crippen molar-refractivity contribution in [2.24, 2.45) is 5.10 Å². The molecule has 5 nitrogen and oxygen atoms in total. The van der Waals surface area contributed by atoms with Crippen LogP contribution < -0.4 is 4.74 Å². The van der Waals surface area contributed by atoms with Crippen molar-refractivity contribution in [2.75, 3.05) is 6.61 Å². The topological polar surface area (TPSA) is 55.2 Å². The van der Waals surface area contributed by atoms with E-state index in [4.69, 9.17) is 17.0 Å². The lowest BCUT2D eigenvalue weighted by atomic mass is 10.2. The van der Waals surface area contributed by atoms with Gasteiger partial charge in [-0.15, -0.1) is 0 Å². The van der Waals surface area contributed by atoms with Gasteiger partial charge in [0.2, 0.25) is 4.77 Å². The fourth-order valence-electron chi connectivity index (χ4n) is 1.97. The molecule has 0 amide bonds. The molecule has 6 heteroatoms. The molecule has 2 rings (SSSR count). The van der Waals surface area contributed by atoms with Gasteiger partial charge in [-0.1, -0.05) is 32.4 Å². The quantitative estimate of drug-likeness (QED) is 0.455. The minimum absolute atomic E-state index is 0.509. The number of aromatic amines is 1. The Morgan fingerprint density at radius 1 is 1.36 bits per heavy atom. The highest BCUT2D eigenvalue weighted by molar-refractivity contribution is 7.71. The second-order valence-corrected chi connectivity index (χ2v) is 5.41. The molecule has 0 unspecified atom stereocenters. The zero-order valence-electron chi connectivity index (χ0n) is 13.1. The second-order valence-electron chi connectivity index (χ2n) is 5.03. The van der Waals surface area contributed by atoms with Crippen LogP contribution in [0.4, 0.5) is 0 Å². The number of rotatable bonds is 8. The van der Waals surface area contributed by atoms with E-state index in [1.807, 2.05) is 24.3 Å². The molecule has 0 aliphatic carbocycles. The van der Waals surface area contributed by atoms with Gasteiger partial charge in [0.1, 0.15) is 5.75 Å². The van der Waals surface area contributed by atoms with Crippen molar-refractivity contribution >= 4 is 18.4 Å². The van der Waals surface area contributed by atoms with Gasteiger partial charge in [-0.05, 0) is 42.8 Å². The summed E-state index contributed by atoms with van der Waals surface area (Å²) in [6.45, 7) is 4.99. The van der Waals surface area contributed by atoms with Crippen molar-refractivity contribution in [2.45, 2.75) is 39.5 Å². The Kier molecular flexibility index (Phi) is 6.33. The van der Waals surface area contributed by atoms with E-state index in [0.717, 1.165) is 49.4 Å². The number of nitrogens with zero attached hydrogens (tertiary/aromatic N) is 3. The minimum Gasteiger partial charge on any atom is -0.494 e. The van der Waals surface area contributed by atoms with E-state index < -0.39 is 0 Å². The van der Waals surface area contributed by atoms with Crippen LogP contribution in [0, 0.1) is 4.77 Å². The van der Waals surface area contributed by atoms with Gasteiger partial charge in [-0.25, -0.2) is 0 Å². The SMILES string of the molecule is CCCCOc1cccc(/C=N/n2c(CCC)n[nH]c2=S)c1. The number of hydrogen-bond acceptors (Lipinski definition) is 4. The fourth-order valence-corrected chi connectivity index (χ4v) is 2.17. The molecule has 0 saturated heterocycles. The molecule has 0 atom stereocenters. The number of nitrogens with one attached hydrogen (secondary N) is 1. The van der Waals surface area contributed by atoms with Crippen LogP contribution in [0.15, 0.2) is 29.4 Å². The number of aromatic nitrogens is 3. The summed E-state index contributed by atoms with van der Waals surface area (Å²) in [5, 5.41) is 11.4. The summed E-state index contributed by atoms with van der Waals surface area (Å²) in [6.07, 6.45) is 5.79. The number of H-pyrrole nitrogens is 1. The smallest absolute Gasteiger partial charge is 0.216 e. The molecule has 1 aromatic heterocycles. The van der Waals surface area contributed by atoms with Crippen LogP contribution >= 0.6 is 12.2 Å². The van der Waals surface area contributed by atoms with Gasteiger partial charge in [0.25, 0.3) is 0 Å². The van der Waals surface area contributed by atoms with E-state index in [2.05, 4.69) is 29.1 Å². The molecule has 0 aliphatic rings. The highest BCUT2D eigenvalue weighted by Gasteiger charge is 2.03. The maximum atomic E-state index is 5.70. The number of benzene rings is 1. The molecule has 2 aromatic rings. The van der Waals surface area contributed by atoms with Crippen LogP contribution in [0.1, 0.15) is 44.5 Å². The Morgan fingerprint density at radius 2 is 2.23 bits per heavy atom. The Hall–Kier alpha value is -1.95. The number of unbranched alkanes of at least 4 members (excludes halogenated alkanes) is 1. The predicted molar refractivity (Wildman–Crippen MR) is 91.2 cm³/mol. The van der Waals surface area contributed by atoms with Gasteiger partial charge in [0.05, 0.1) is 12.8 Å². The third-order valence-electron chi connectivity index (χ3n) is 3.14. The maximum Gasteiger partial charge on any atom is 0.216 e. The molecule has 118 valence electrons. The lowest BCUT2D eigenvalue weighted by molar-refractivity contribution is 0.309. The predicted octanol–water partition coefficient (Wildman–Crippen LogP) is 3.95. The van der Waals surface area contributed by atoms with Crippen molar-refractivity contribution in [3.63, 3.8) is 0 Å². The summed E-state index contributed by atoms with van der Waals surface area (Å²) in [6, 6.07) is 7.88. The summed E-state index contributed by atoms with van der Waals surface area (Å²) in [5.74, 6) is 1.71. The molecule has 0 bridgehead atoms. The molecule has 1 N–H and O–H groups in total. The van der Waals surface area contributed by atoms with Gasteiger partial charge >= 0.3 is 0 Å². The van der Waals surface area contributed by atoms with E-state index in [9.17, 15) is 0 Å². The third kappa shape index (κ3) is 4.53. The van der Waals surface area contributed by atoms with E-state index in [0.29, 0.717) is 4.77 Å². The number of ether oxygens (including phenoxy) is 1. The molecule has 1 aromatic carbocycles. The van der Waals surface area contributed by atoms with Crippen molar-refractivity contribution in [1.82, 2.24) is 14.9 Å². The molecule has 0 radical (unpaired) electrons. The second kappa shape index (κ2) is 8.48.